The van der Waals surface area contributed by atoms with E-state index in [0.717, 1.165) is 5.56 Å². The molecule has 5 aromatic rings. The van der Waals surface area contributed by atoms with Crippen LogP contribution in [0.25, 0.3) is 22.6 Å². The summed E-state index contributed by atoms with van der Waals surface area (Å²) in [6.45, 7) is 0.294. The Labute approximate surface area is 239 Å². The second-order valence-corrected chi connectivity index (χ2v) is 9.58. The lowest BCUT2D eigenvalue weighted by atomic mass is 9.96. The maximum absolute atomic E-state index is 10.0. The highest BCUT2D eigenvalue weighted by Crippen LogP contribution is 2.40. The topological polar surface area (TPSA) is 89.7 Å². The Morgan fingerprint density at radius 3 is 2.48 bits per heavy atom. The molecule has 1 aliphatic rings. The molecule has 1 saturated heterocycles. The first-order valence-corrected chi connectivity index (χ1v) is 13.0. The van der Waals surface area contributed by atoms with Crippen molar-refractivity contribution in [3.8, 4) is 5.75 Å². The normalized spacial score (nSPS) is 16.1. The molecule has 0 amide bonds. The van der Waals surface area contributed by atoms with E-state index in [4.69, 9.17) is 37.7 Å². The van der Waals surface area contributed by atoms with E-state index >= 15 is 0 Å². The van der Waals surface area contributed by atoms with E-state index in [1.807, 2.05) is 91.0 Å². The summed E-state index contributed by atoms with van der Waals surface area (Å²) >= 11 is 12.6. The van der Waals surface area contributed by atoms with Crippen LogP contribution in [0.5, 0.6) is 5.75 Å². The van der Waals surface area contributed by atoms with E-state index < -0.39 is 0 Å². The Hall–Kier alpha value is -4.72. The highest BCUT2D eigenvalue weighted by atomic mass is 35.5. The van der Waals surface area contributed by atoms with Gasteiger partial charge in [0.25, 0.3) is 0 Å². The minimum atomic E-state index is 0.223. The molecule has 0 bridgehead atoms. The van der Waals surface area contributed by atoms with Crippen molar-refractivity contribution < 1.29 is 14.7 Å². The summed E-state index contributed by atoms with van der Waals surface area (Å²) in [5.74, 6) is 1.47. The van der Waals surface area contributed by atoms with Crippen molar-refractivity contribution in [2.24, 2.45) is 5.16 Å². The number of fused-ring (bicyclic) bond motifs is 1. The van der Waals surface area contributed by atoms with Crippen molar-refractivity contribution >= 4 is 51.5 Å². The molecular weight excluding hydrogens is 547 g/mol. The van der Waals surface area contributed by atoms with Crippen molar-refractivity contribution in [1.82, 2.24) is 15.0 Å². The first-order chi connectivity index (χ1) is 19.6. The van der Waals surface area contributed by atoms with E-state index in [1.54, 1.807) is 12.3 Å². The van der Waals surface area contributed by atoms with Crippen LogP contribution in [-0.4, -0.2) is 25.9 Å². The quantitative estimate of drug-likeness (QED) is 0.129. The van der Waals surface area contributed by atoms with Crippen LogP contribution in [0.4, 0.5) is 0 Å². The lowest BCUT2D eigenvalue weighted by Crippen LogP contribution is -2.25. The molecule has 0 aliphatic carbocycles. The van der Waals surface area contributed by atoms with Gasteiger partial charge in [-0.2, -0.15) is 0 Å². The number of ether oxygens (including phenoxy) is 2. The Balaban J connectivity index is 1.48. The predicted octanol–water partition coefficient (Wildman–Crippen LogP) is 7.57. The third-order valence-corrected chi connectivity index (χ3v) is 6.74. The number of aromatic nitrogens is 3. The van der Waals surface area contributed by atoms with Crippen LogP contribution in [-0.2, 0) is 11.3 Å². The molecule has 0 atom stereocenters. The van der Waals surface area contributed by atoms with Crippen LogP contribution in [0.2, 0.25) is 10.2 Å². The number of oxime groups is 1. The van der Waals surface area contributed by atoms with Crippen molar-refractivity contribution in [2.45, 2.75) is 6.61 Å². The second kappa shape index (κ2) is 11.2. The van der Waals surface area contributed by atoms with Gasteiger partial charge in [0.05, 0.1) is 16.8 Å². The molecule has 6 rings (SSSR count). The Morgan fingerprint density at radius 2 is 1.68 bits per heavy atom. The highest BCUT2D eigenvalue weighted by molar-refractivity contribution is 6.34. The average molecular weight is 567 g/mol. The molecule has 196 valence electrons. The number of nitrogens with zero attached hydrogens (tertiary/aromatic N) is 4. The molecule has 3 heterocycles. The van der Waals surface area contributed by atoms with Gasteiger partial charge in [0.1, 0.15) is 17.5 Å². The summed E-state index contributed by atoms with van der Waals surface area (Å²) < 4.78 is 12.4. The first-order valence-electron chi connectivity index (χ1n) is 12.3. The van der Waals surface area contributed by atoms with Crippen molar-refractivity contribution in [3.63, 3.8) is 0 Å². The van der Waals surface area contributed by atoms with Crippen LogP contribution in [0.15, 0.2) is 114 Å². The fourth-order valence-corrected chi connectivity index (χ4v) is 4.63. The minimum Gasteiger partial charge on any atom is -0.488 e. The molecule has 40 heavy (non-hydrogen) atoms. The summed E-state index contributed by atoms with van der Waals surface area (Å²) in [4.78, 5) is 13.7. The number of para-hydroxylation sites is 2. The second-order valence-electron chi connectivity index (χ2n) is 8.78. The molecule has 1 fully saturated rings. The zero-order valence-electron chi connectivity index (χ0n) is 20.8. The van der Waals surface area contributed by atoms with Gasteiger partial charge in [-0.3, -0.25) is 4.98 Å². The number of hydrogen-bond acceptors (Lipinski definition) is 7. The van der Waals surface area contributed by atoms with E-state index in [-0.39, 0.29) is 16.6 Å². The fraction of sp³-hybridized carbons (Fsp3) is 0.0323. The Morgan fingerprint density at radius 1 is 0.900 bits per heavy atom. The van der Waals surface area contributed by atoms with Gasteiger partial charge in [-0.05, 0) is 48.0 Å². The zero-order chi connectivity index (χ0) is 27.5. The monoisotopic (exact) mass is 566 g/mol. The lowest BCUT2D eigenvalue weighted by molar-refractivity contribution is 0.275. The maximum atomic E-state index is 10.0. The predicted molar refractivity (Wildman–Crippen MR) is 155 cm³/mol. The van der Waals surface area contributed by atoms with Gasteiger partial charge in [-0.1, -0.05) is 76.9 Å². The lowest BCUT2D eigenvalue weighted by Gasteiger charge is -2.27. The van der Waals surface area contributed by atoms with Gasteiger partial charge in [0.15, 0.2) is 23.1 Å². The number of hydrogen-bond donors (Lipinski definition) is 1. The number of benzene rings is 3. The molecule has 7 nitrogen and oxygen atoms in total. The molecule has 9 heteroatoms. The van der Waals surface area contributed by atoms with Crippen molar-refractivity contribution in [2.75, 3.05) is 0 Å². The largest absolute Gasteiger partial charge is 0.488 e. The van der Waals surface area contributed by atoms with Crippen LogP contribution >= 0.6 is 23.2 Å². The summed E-state index contributed by atoms with van der Waals surface area (Å²) in [6, 6.07) is 27.8. The summed E-state index contributed by atoms with van der Waals surface area (Å²) in [7, 11) is 0. The minimum absolute atomic E-state index is 0.223. The molecule has 0 spiro atoms. The van der Waals surface area contributed by atoms with Gasteiger partial charge < -0.3 is 14.7 Å². The first kappa shape index (κ1) is 25.6. The van der Waals surface area contributed by atoms with Crippen molar-refractivity contribution in [1.29, 1.82) is 0 Å². The highest BCUT2D eigenvalue weighted by Gasteiger charge is 2.36. The zero-order valence-corrected chi connectivity index (χ0v) is 22.3. The third-order valence-electron chi connectivity index (χ3n) is 6.20. The van der Waals surface area contributed by atoms with E-state index in [9.17, 15) is 5.21 Å². The Bertz CT molecular complexity index is 1800. The molecule has 3 aromatic carbocycles. The molecule has 0 radical (unpaired) electrons. The Kier molecular flexibility index (Phi) is 7.14. The smallest absolute Gasteiger partial charge is 0.188 e. The standard InChI is InChI=1S/C31H20Cl2N4O3/c32-20-14-12-19(13-15-20)18-39-25-11-4-2-9-23(25)27(31-35-24-10-3-1-8-22(24)30(33)36-31)29-28(37-38)26(40-29)17-21-7-5-6-16-34-21/h1-17,38H,18H2/b26-17-,29-27-,37-28+. The number of pyridine rings is 1. The van der Waals surface area contributed by atoms with Gasteiger partial charge in [-0.25, -0.2) is 9.97 Å². The SMILES string of the molecule is O/N=C1C(=C\c2ccccn2)\OC\1=C(/c1nc(Cl)c2ccccc2n1)c1ccccc1OCc1ccc(Cl)cc1. The molecule has 1 aliphatic heterocycles. The average Bonchev–Trinajstić information content (AvgIpc) is 2.97. The molecule has 0 saturated carbocycles. The van der Waals surface area contributed by atoms with Gasteiger partial charge in [0.2, 0.25) is 0 Å². The van der Waals surface area contributed by atoms with Crippen LogP contribution < -0.4 is 4.74 Å². The van der Waals surface area contributed by atoms with E-state index in [1.165, 1.54) is 0 Å². The maximum Gasteiger partial charge on any atom is 0.188 e. The van der Waals surface area contributed by atoms with Gasteiger partial charge >= 0.3 is 0 Å². The van der Waals surface area contributed by atoms with Gasteiger partial charge in [0, 0.05) is 28.2 Å². The van der Waals surface area contributed by atoms with Gasteiger partial charge in [-0.15, -0.1) is 0 Å². The van der Waals surface area contributed by atoms with Crippen LogP contribution in [0.3, 0.4) is 0 Å². The van der Waals surface area contributed by atoms with Crippen LogP contribution in [0.1, 0.15) is 22.6 Å². The van der Waals surface area contributed by atoms with Crippen LogP contribution in [0, 0.1) is 0 Å². The summed E-state index contributed by atoms with van der Waals surface area (Å²) in [5, 5.41) is 15.2. The molecule has 1 N–H and O–H groups in total. The molecular formula is C31H20Cl2N4O3. The molecule has 2 aromatic heterocycles. The van der Waals surface area contributed by atoms with Crippen molar-refractivity contribution in [3.05, 3.63) is 142 Å². The molecule has 0 unspecified atom stereocenters. The number of halogens is 2. The third kappa shape index (κ3) is 5.12. The fourth-order valence-electron chi connectivity index (χ4n) is 4.26. The number of rotatable bonds is 6. The summed E-state index contributed by atoms with van der Waals surface area (Å²) in [6.07, 6.45) is 3.36. The van der Waals surface area contributed by atoms with E-state index in [2.05, 4.69) is 15.1 Å². The van der Waals surface area contributed by atoms with E-state index in [0.29, 0.717) is 56.7 Å². The summed E-state index contributed by atoms with van der Waals surface area (Å²) in [5.41, 5.74) is 3.57.